The summed E-state index contributed by atoms with van der Waals surface area (Å²) in [6, 6.07) is 2.90. The highest BCUT2D eigenvalue weighted by molar-refractivity contribution is 5.93. The van der Waals surface area contributed by atoms with E-state index in [4.69, 9.17) is 0 Å². The van der Waals surface area contributed by atoms with Crippen molar-refractivity contribution in [2.75, 3.05) is 5.32 Å². The van der Waals surface area contributed by atoms with E-state index in [9.17, 15) is 10.1 Å². The van der Waals surface area contributed by atoms with Gasteiger partial charge in [-0.25, -0.2) is 4.63 Å². The van der Waals surface area contributed by atoms with Gasteiger partial charge < -0.3 is 5.32 Å². The molecule has 0 aliphatic heterocycles. The van der Waals surface area contributed by atoms with E-state index in [0.717, 1.165) is 0 Å². The number of fused-ring (bicyclic) bond motifs is 1. The fourth-order valence-electron chi connectivity index (χ4n) is 1.49. The van der Waals surface area contributed by atoms with Gasteiger partial charge in [-0.3, -0.25) is 10.1 Å². The van der Waals surface area contributed by atoms with Crippen LogP contribution in [-0.2, 0) is 0 Å². The predicted molar refractivity (Wildman–Crippen MR) is 61.8 cm³/mol. The smallest absolute Gasteiger partial charge is 0.294 e. The molecular formula is C10H12N4O3. The average Bonchev–Trinajstić information content (AvgIpc) is 2.63. The summed E-state index contributed by atoms with van der Waals surface area (Å²) in [7, 11) is 0. The molecular weight excluding hydrogens is 224 g/mol. The van der Waals surface area contributed by atoms with E-state index in [0.29, 0.717) is 16.7 Å². The van der Waals surface area contributed by atoms with Crippen LogP contribution in [0.5, 0.6) is 0 Å². The number of nitrogens with zero attached hydrogens (tertiary/aromatic N) is 3. The molecule has 1 heterocycles. The molecule has 0 bridgehead atoms. The standard InChI is InChI=1S/C10H12N4O3/c1-10(2,3)11-9-7(14(15)16)5-4-6-8(9)13-17-12-6/h4-5,11H,1-3H3. The van der Waals surface area contributed by atoms with Gasteiger partial charge in [0.1, 0.15) is 11.2 Å². The fraction of sp³-hybridized carbons (Fsp3) is 0.400. The second-order valence-electron chi connectivity index (χ2n) is 4.72. The van der Waals surface area contributed by atoms with E-state index in [1.54, 1.807) is 0 Å². The van der Waals surface area contributed by atoms with Gasteiger partial charge in [-0.05, 0) is 37.2 Å². The minimum absolute atomic E-state index is 0.0388. The summed E-state index contributed by atoms with van der Waals surface area (Å²) in [5, 5.41) is 21.4. The molecule has 0 radical (unpaired) electrons. The summed E-state index contributed by atoms with van der Waals surface area (Å²) in [4.78, 5) is 10.5. The van der Waals surface area contributed by atoms with Crippen LogP contribution in [0.25, 0.3) is 11.0 Å². The first-order valence-electron chi connectivity index (χ1n) is 5.06. The molecule has 0 aliphatic rings. The molecule has 2 aromatic rings. The van der Waals surface area contributed by atoms with Crippen molar-refractivity contribution in [1.29, 1.82) is 0 Å². The van der Waals surface area contributed by atoms with Gasteiger partial charge in [0.2, 0.25) is 0 Å². The molecule has 0 spiro atoms. The van der Waals surface area contributed by atoms with Crippen LogP contribution in [0.2, 0.25) is 0 Å². The first-order valence-corrected chi connectivity index (χ1v) is 5.06. The Hall–Kier alpha value is -2.18. The van der Waals surface area contributed by atoms with Crippen LogP contribution in [-0.4, -0.2) is 20.8 Å². The van der Waals surface area contributed by atoms with E-state index in [2.05, 4.69) is 20.3 Å². The minimum Gasteiger partial charge on any atom is -0.373 e. The van der Waals surface area contributed by atoms with Crippen molar-refractivity contribution in [3.05, 3.63) is 22.2 Å². The predicted octanol–water partition coefficient (Wildman–Crippen LogP) is 2.34. The van der Waals surface area contributed by atoms with Crippen LogP contribution in [0, 0.1) is 10.1 Å². The summed E-state index contributed by atoms with van der Waals surface area (Å²) in [5.41, 5.74) is 0.832. The molecule has 0 amide bonds. The van der Waals surface area contributed by atoms with Gasteiger partial charge in [0.05, 0.1) is 4.92 Å². The first kappa shape index (κ1) is 11.3. The van der Waals surface area contributed by atoms with Gasteiger partial charge >= 0.3 is 0 Å². The van der Waals surface area contributed by atoms with Crippen LogP contribution >= 0.6 is 0 Å². The lowest BCUT2D eigenvalue weighted by molar-refractivity contribution is -0.383. The zero-order valence-corrected chi connectivity index (χ0v) is 9.72. The van der Waals surface area contributed by atoms with Gasteiger partial charge in [0.25, 0.3) is 5.69 Å². The minimum atomic E-state index is -0.456. The molecule has 2 rings (SSSR count). The maximum atomic E-state index is 11.0. The Labute approximate surface area is 96.9 Å². The number of benzene rings is 1. The van der Waals surface area contributed by atoms with E-state index >= 15 is 0 Å². The molecule has 1 aromatic carbocycles. The molecule has 0 saturated carbocycles. The van der Waals surface area contributed by atoms with E-state index in [-0.39, 0.29) is 11.2 Å². The highest BCUT2D eigenvalue weighted by Gasteiger charge is 2.23. The van der Waals surface area contributed by atoms with Crippen molar-refractivity contribution in [2.24, 2.45) is 0 Å². The van der Waals surface area contributed by atoms with Crippen LogP contribution in [0.3, 0.4) is 0 Å². The van der Waals surface area contributed by atoms with Crippen molar-refractivity contribution >= 4 is 22.4 Å². The second-order valence-corrected chi connectivity index (χ2v) is 4.72. The summed E-state index contributed by atoms with van der Waals surface area (Å²) >= 11 is 0. The molecule has 1 aromatic heterocycles. The third kappa shape index (κ3) is 2.17. The molecule has 0 unspecified atom stereocenters. The highest BCUT2D eigenvalue weighted by Crippen LogP contribution is 2.33. The lowest BCUT2D eigenvalue weighted by atomic mass is 10.1. The van der Waals surface area contributed by atoms with Gasteiger partial charge in [0.15, 0.2) is 5.52 Å². The molecule has 90 valence electrons. The Bertz CT molecular complexity index is 570. The molecule has 1 N–H and O–H groups in total. The SMILES string of the molecule is CC(C)(C)Nc1c([N+](=O)[O-])ccc2nonc12. The summed E-state index contributed by atoms with van der Waals surface area (Å²) in [6.45, 7) is 5.72. The van der Waals surface area contributed by atoms with E-state index in [1.165, 1.54) is 12.1 Å². The number of aromatic nitrogens is 2. The number of nitrogens with one attached hydrogen (secondary N) is 1. The molecule has 7 nitrogen and oxygen atoms in total. The van der Waals surface area contributed by atoms with Crippen molar-refractivity contribution in [1.82, 2.24) is 10.3 Å². The Kier molecular flexibility index (Phi) is 2.45. The monoisotopic (exact) mass is 236 g/mol. The van der Waals surface area contributed by atoms with Crippen molar-refractivity contribution in [3.63, 3.8) is 0 Å². The molecule has 0 fully saturated rings. The number of rotatable bonds is 2. The number of hydrogen-bond acceptors (Lipinski definition) is 6. The van der Waals surface area contributed by atoms with Crippen LogP contribution < -0.4 is 5.32 Å². The number of anilines is 1. The second kappa shape index (κ2) is 3.69. The summed E-state index contributed by atoms with van der Waals surface area (Å²) in [6.07, 6.45) is 0. The molecule has 17 heavy (non-hydrogen) atoms. The largest absolute Gasteiger partial charge is 0.373 e. The topological polar surface area (TPSA) is 94.1 Å². The van der Waals surface area contributed by atoms with Gasteiger partial charge in [-0.1, -0.05) is 0 Å². The van der Waals surface area contributed by atoms with Crippen LogP contribution in [0.4, 0.5) is 11.4 Å². The van der Waals surface area contributed by atoms with Gasteiger partial charge in [-0.2, -0.15) is 0 Å². The van der Waals surface area contributed by atoms with E-state index < -0.39 is 4.92 Å². The van der Waals surface area contributed by atoms with Gasteiger partial charge in [0, 0.05) is 11.6 Å². The number of nitro groups is 1. The van der Waals surface area contributed by atoms with Gasteiger partial charge in [-0.15, -0.1) is 0 Å². The molecule has 0 atom stereocenters. The first-order chi connectivity index (χ1) is 7.88. The van der Waals surface area contributed by atoms with Crippen LogP contribution in [0.1, 0.15) is 20.8 Å². The summed E-state index contributed by atoms with van der Waals surface area (Å²) < 4.78 is 4.59. The third-order valence-electron chi connectivity index (χ3n) is 2.10. The average molecular weight is 236 g/mol. The summed E-state index contributed by atoms with van der Waals surface area (Å²) in [5.74, 6) is 0. The number of nitro benzene ring substituents is 1. The Morgan fingerprint density at radius 2 is 2.06 bits per heavy atom. The Balaban J connectivity index is 2.65. The molecule has 0 aliphatic carbocycles. The maximum Gasteiger partial charge on any atom is 0.294 e. The lowest BCUT2D eigenvalue weighted by Crippen LogP contribution is -2.26. The zero-order chi connectivity index (χ0) is 12.6. The lowest BCUT2D eigenvalue weighted by Gasteiger charge is -2.21. The normalized spacial score (nSPS) is 11.7. The highest BCUT2D eigenvalue weighted by atomic mass is 16.6. The van der Waals surface area contributed by atoms with Crippen molar-refractivity contribution < 1.29 is 9.55 Å². The van der Waals surface area contributed by atoms with Crippen molar-refractivity contribution in [2.45, 2.75) is 26.3 Å². The van der Waals surface area contributed by atoms with Crippen LogP contribution in [0.15, 0.2) is 16.8 Å². The zero-order valence-electron chi connectivity index (χ0n) is 9.72. The number of hydrogen-bond donors (Lipinski definition) is 1. The van der Waals surface area contributed by atoms with E-state index in [1.807, 2.05) is 20.8 Å². The van der Waals surface area contributed by atoms with Crippen molar-refractivity contribution in [3.8, 4) is 0 Å². The maximum absolute atomic E-state index is 11.0. The molecule has 7 heteroatoms. The molecule has 0 saturated heterocycles. The fourth-order valence-corrected chi connectivity index (χ4v) is 1.49. The quantitative estimate of drug-likeness (QED) is 0.635. The Morgan fingerprint density at radius 1 is 1.35 bits per heavy atom. The third-order valence-corrected chi connectivity index (χ3v) is 2.10. The Morgan fingerprint density at radius 3 is 2.65 bits per heavy atom.